The number of hydrogen-bond donors (Lipinski definition) is 0. The van der Waals surface area contributed by atoms with Gasteiger partial charge in [0.2, 0.25) is 4.73 Å². The van der Waals surface area contributed by atoms with Crippen LogP contribution in [0.25, 0.3) is 28.2 Å². The molecule has 1 aromatic heterocycles. The summed E-state index contributed by atoms with van der Waals surface area (Å²) in [5.41, 5.74) is 5.76. The van der Waals surface area contributed by atoms with Crippen molar-refractivity contribution in [1.29, 1.82) is 0 Å². The van der Waals surface area contributed by atoms with Gasteiger partial charge in [-0.05, 0) is 33.0 Å². The Kier molecular flexibility index (Phi) is 4.90. The highest BCUT2D eigenvalue weighted by Gasteiger charge is 2.21. The van der Waals surface area contributed by atoms with Gasteiger partial charge in [0, 0.05) is 11.1 Å². The monoisotopic (exact) mass is 417 g/mol. The molecule has 0 spiro atoms. The van der Waals surface area contributed by atoms with Gasteiger partial charge >= 0.3 is 0 Å². The molecule has 0 saturated heterocycles. The minimum absolute atomic E-state index is 0.363. The smallest absolute Gasteiger partial charge is 0.205 e. The van der Waals surface area contributed by atoms with Gasteiger partial charge in [-0.3, -0.25) is 4.57 Å². The molecule has 27 heavy (non-hydrogen) atoms. The molecular weight excluding hydrogens is 398 g/mol. The molecule has 4 aromatic rings. The molecule has 0 aliphatic rings. The second kappa shape index (κ2) is 7.49. The van der Waals surface area contributed by atoms with E-state index in [2.05, 4.69) is 99.1 Å². The van der Waals surface area contributed by atoms with Crippen molar-refractivity contribution in [2.45, 2.75) is 19.8 Å². The molecule has 0 N–H and O–H groups in total. The SMILES string of the molecule is CC(C)c1cccc(-c2ccccc2)c1-n1c(Br)nnc1-c1ccccc1. The maximum atomic E-state index is 4.46. The average molecular weight is 418 g/mol. The van der Waals surface area contributed by atoms with Crippen molar-refractivity contribution in [1.82, 2.24) is 14.8 Å². The predicted octanol–water partition coefficient (Wildman–Crippen LogP) is 6.49. The van der Waals surface area contributed by atoms with Crippen molar-refractivity contribution in [3.05, 3.63) is 89.2 Å². The van der Waals surface area contributed by atoms with Crippen LogP contribution >= 0.6 is 15.9 Å². The first-order valence-electron chi connectivity index (χ1n) is 9.02. The Hall–Kier alpha value is -2.72. The van der Waals surface area contributed by atoms with E-state index in [1.54, 1.807) is 0 Å². The summed E-state index contributed by atoms with van der Waals surface area (Å²) in [4.78, 5) is 0. The molecule has 0 aliphatic carbocycles. The van der Waals surface area contributed by atoms with Crippen molar-refractivity contribution in [3.8, 4) is 28.2 Å². The van der Waals surface area contributed by atoms with Crippen molar-refractivity contribution in [2.24, 2.45) is 0 Å². The fourth-order valence-corrected chi connectivity index (χ4v) is 3.79. The average Bonchev–Trinajstić information content (AvgIpc) is 3.09. The lowest BCUT2D eigenvalue weighted by Crippen LogP contribution is -2.06. The van der Waals surface area contributed by atoms with Gasteiger partial charge in [0.1, 0.15) is 0 Å². The number of benzene rings is 3. The Bertz CT molecular complexity index is 1050. The van der Waals surface area contributed by atoms with E-state index in [0.717, 1.165) is 17.1 Å². The second-order valence-corrected chi connectivity index (χ2v) is 7.47. The fraction of sp³-hybridized carbons (Fsp3) is 0.130. The molecule has 0 bridgehead atoms. The summed E-state index contributed by atoms with van der Waals surface area (Å²) in [5, 5.41) is 8.80. The molecule has 0 radical (unpaired) electrons. The summed E-state index contributed by atoms with van der Waals surface area (Å²) in [6, 6.07) is 27.1. The molecule has 0 aliphatic heterocycles. The summed E-state index contributed by atoms with van der Waals surface area (Å²) in [7, 11) is 0. The molecular formula is C23H20BrN3. The van der Waals surface area contributed by atoms with E-state index in [4.69, 9.17) is 0 Å². The minimum Gasteiger partial charge on any atom is -0.269 e. The van der Waals surface area contributed by atoms with Crippen LogP contribution in [-0.2, 0) is 0 Å². The third-order valence-corrected chi connectivity index (χ3v) is 5.17. The van der Waals surface area contributed by atoms with Crippen LogP contribution in [0.5, 0.6) is 0 Å². The lowest BCUT2D eigenvalue weighted by atomic mass is 9.94. The van der Waals surface area contributed by atoms with Gasteiger partial charge in [-0.25, -0.2) is 0 Å². The number of halogens is 1. The van der Waals surface area contributed by atoms with Crippen molar-refractivity contribution in [3.63, 3.8) is 0 Å². The third-order valence-electron chi connectivity index (χ3n) is 4.65. The summed E-state index contributed by atoms with van der Waals surface area (Å²) in [6.07, 6.45) is 0. The molecule has 4 rings (SSSR count). The van der Waals surface area contributed by atoms with E-state index < -0.39 is 0 Å². The van der Waals surface area contributed by atoms with Crippen LogP contribution in [0.3, 0.4) is 0 Å². The van der Waals surface area contributed by atoms with Gasteiger partial charge < -0.3 is 0 Å². The highest BCUT2D eigenvalue weighted by atomic mass is 79.9. The minimum atomic E-state index is 0.363. The summed E-state index contributed by atoms with van der Waals surface area (Å²) in [5.74, 6) is 1.19. The first kappa shape index (κ1) is 17.7. The van der Waals surface area contributed by atoms with Crippen LogP contribution in [0.4, 0.5) is 0 Å². The Labute approximate surface area is 167 Å². The van der Waals surface area contributed by atoms with Gasteiger partial charge in [0.05, 0.1) is 5.69 Å². The molecule has 0 saturated carbocycles. The molecule has 3 nitrogen and oxygen atoms in total. The largest absolute Gasteiger partial charge is 0.269 e. The molecule has 3 aromatic carbocycles. The Morgan fingerprint density at radius 3 is 2.00 bits per heavy atom. The molecule has 0 unspecified atom stereocenters. The highest BCUT2D eigenvalue weighted by Crippen LogP contribution is 2.37. The molecule has 134 valence electrons. The lowest BCUT2D eigenvalue weighted by molar-refractivity contribution is 0.844. The zero-order valence-electron chi connectivity index (χ0n) is 15.3. The zero-order valence-corrected chi connectivity index (χ0v) is 16.9. The highest BCUT2D eigenvalue weighted by molar-refractivity contribution is 9.10. The van der Waals surface area contributed by atoms with E-state index in [9.17, 15) is 0 Å². The van der Waals surface area contributed by atoms with Crippen LogP contribution in [0.15, 0.2) is 83.6 Å². The standard InChI is InChI=1S/C23H20BrN3/c1-16(2)19-14-9-15-20(17-10-5-3-6-11-17)21(19)27-22(25-26-23(27)24)18-12-7-4-8-13-18/h3-16H,1-2H3. The van der Waals surface area contributed by atoms with Crippen molar-refractivity contribution >= 4 is 15.9 Å². The van der Waals surface area contributed by atoms with Crippen molar-refractivity contribution < 1.29 is 0 Å². The van der Waals surface area contributed by atoms with Gasteiger partial charge in [-0.1, -0.05) is 92.7 Å². The van der Waals surface area contributed by atoms with Crippen LogP contribution in [0.1, 0.15) is 25.3 Å². The fourth-order valence-electron chi connectivity index (χ4n) is 3.37. The zero-order chi connectivity index (χ0) is 18.8. The van der Waals surface area contributed by atoms with E-state index >= 15 is 0 Å². The number of aromatic nitrogens is 3. The summed E-state index contributed by atoms with van der Waals surface area (Å²) in [6.45, 7) is 4.43. The molecule has 0 atom stereocenters. The number of nitrogens with zero attached hydrogens (tertiary/aromatic N) is 3. The Morgan fingerprint density at radius 1 is 0.741 bits per heavy atom. The molecule has 1 heterocycles. The van der Waals surface area contributed by atoms with Gasteiger partial charge in [-0.2, -0.15) is 0 Å². The number of hydrogen-bond acceptors (Lipinski definition) is 2. The maximum Gasteiger partial charge on any atom is 0.205 e. The van der Waals surface area contributed by atoms with E-state index in [-0.39, 0.29) is 0 Å². The molecule has 0 fully saturated rings. The quantitative estimate of drug-likeness (QED) is 0.379. The third kappa shape index (κ3) is 3.33. The van der Waals surface area contributed by atoms with Crippen molar-refractivity contribution in [2.75, 3.05) is 0 Å². The second-order valence-electron chi connectivity index (χ2n) is 6.76. The van der Waals surface area contributed by atoms with E-state index in [1.807, 2.05) is 24.3 Å². The van der Waals surface area contributed by atoms with Gasteiger partial charge in [0.15, 0.2) is 5.82 Å². The van der Waals surface area contributed by atoms with Crippen LogP contribution in [0.2, 0.25) is 0 Å². The van der Waals surface area contributed by atoms with Crippen LogP contribution < -0.4 is 0 Å². The van der Waals surface area contributed by atoms with Gasteiger partial charge in [-0.15, -0.1) is 10.2 Å². The Morgan fingerprint density at radius 2 is 1.37 bits per heavy atom. The number of para-hydroxylation sites is 1. The predicted molar refractivity (Wildman–Crippen MR) is 114 cm³/mol. The Balaban J connectivity index is 2.04. The van der Waals surface area contributed by atoms with E-state index in [0.29, 0.717) is 10.7 Å². The topological polar surface area (TPSA) is 30.7 Å². The normalized spacial score (nSPS) is 11.1. The number of rotatable bonds is 4. The van der Waals surface area contributed by atoms with Gasteiger partial charge in [0.25, 0.3) is 0 Å². The summed E-state index contributed by atoms with van der Waals surface area (Å²) >= 11 is 3.63. The first-order chi connectivity index (χ1) is 13.2. The maximum absolute atomic E-state index is 4.46. The lowest BCUT2D eigenvalue weighted by Gasteiger charge is -2.20. The van der Waals surface area contributed by atoms with Crippen LogP contribution in [0, 0.1) is 0 Å². The van der Waals surface area contributed by atoms with E-state index in [1.165, 1.54) is 16.7 Å². The first-order valence-corrected chi connectivity index (χ1v) is 9.81. The molecule has 4 heteroatoms. The summed E-state index contributed by atoms with van der Waals surface area (Å²) < 4.78 is 2.82. The van der Waals surface area contributed by atoms with Crippen LogP contribution in [-0.4, -0.2) is 14.8 Å². The molecule has 0 amide bonds.